The maximum atomic E-state index is 2.76. The minimum absolute atomic E-state index is 0.474. The predicted octanol–water partition coefficient (Wildman–Crippen LogP) is 7.33. The van der Waals surface area contributed by atoms with Crippen LogP contribution in [0.1, 0.15) is 101 Å². The molecule has 0 bridgehead atoms. The maximum absolute atomic E-state index is 2.76. The molecule has 24 heavy (non-hydrogen) atoms. The lowest BCUT2D eigenvalue weighted by Gasteiger charge is -2.85. The average Bonchev–Trinajstić information content (AvgIpc) is 2.43. The monoisotopic (exact) mass is 330 g/mol. The highest BCUT2D eigenvalue weighted by molar-refractivity contribution is 5.29. The second-order valence-electron chi connectivity index (χ2n) is 12.7. The van der Waals surface area contributed by atoms with Crippen molar-refractivity contribution >= 4 is 0 Å². The predicted molar refractivity (Wildman–Crippen MR) is 104 cm³/mol. The highest BCUT2D eigenvalue weighted by Crippen LogP contribution is 2.88. The molecule has 8 atom stereocenters. The van der Waals surface area contributed by atoms with Crippen LogP contribution in [-0.2, 0) is 0 Å². The molecule has 0 spiro atoms. The highest BCUT2D eigenvalue weighted by Gasteiger charge is 2.81. The number of hydrogen-bond acceptors (Lipinski definition) is 0. The summed E-state index contributed by atoms with van der Waals surface area (Å²) in [5.74, 6) is 2.69. The molecule has 0 N–H and O–H groups in total. The molecule has 4 aliphatic rings. The Morgan fingerprint density at radius 1 is 0.583 bits per heavy atom. The largest absolute Gasteiger partial charge is 0.0619 e. The zero-order valence-electron chi connectivity index (χ0n) is 18.0. The van der Waals surface area contributed by atoms with E-state index in [0.717, 1.165) is 17.8 Å². The van der Waals surface area contributed by atoms with Crippen LogP contribution in [0.25, 0.3) is 0 Å². The van der Waals surface area contributed by atoms with Crippen molar-refractivity contribution in [2.24, 2.45) is 50.2 Å². The Balaban J connectivity index is 1.96. The third-order valence-electron chi connectivity index (χ3n) is 11.6. The van der Waals surface area contributed by atoms with Gasteiger partial charge in [0, 0.05) is 0 Å². The Morgan fingerprint density at radius 3 is 1.83 bits per heavy atom. The van der Waals surface area contributed by atoms with Crippen molar-refractivity contribution in [2.75, 3.05) is 0 Å². The first-order valence-corrected chi connectivity index (χ1v) is 10.8. The van der Waals surface area contributed by atoms with Crippen molar-refractivity contribution in [2.45, 2.75) is 101 Å². The fourth-order valence-corrected chi connectivity index (χ4v) is 10.5. The fraction of sp³-hybridized carbons (Fsp3) is 1.00. The van der Waals surface area contributed by atoms with Gasteiger partial charge in [-0.25, -0.2) is 0 Å². The van der Waals surface area contributed by atoms with E-state index in [1.807, 2.05) is 0 Å². The Kier molecular flexibility index (Phi) is 3.11. The Bertz CT molecular complexity index is 575. The first-order chi connectivity index (χ1) is 10.8. The van der Waals surface area contributed by atoms with Crippen LogP contribution in [0.4, 0.5) is 0 Å². The smallest absolute Gasteiger partial charge is 0.0177 e. The second-order valence-corrected chi connectivity index (χ2v) is 12.7. The van der Waals surface area contributed by atoms with E-state index >= 15 is 0 Å². The van der Waals surface area contributed by atoms with E-state index in [9.17, 15) is 0 Å². The first-order valence-electron chi connectivity index (χ1n) is 10.8. The van der Waals surface area contributed by atoms with Gasteiger partial charge in [-0.05, 0) is 88.8 Å². The molecule has 0 aliphatic heterocycles. The van der Waals surface area contributed by atoms with Crippen LogP contribution in [0.15, 0.2) is 0 Å². The lowest BCUT2D eigenvalue weighted by Crippen LogP contribution is -2.79. The second kappa shape index (κ2) is 4.28. The average molecular weight is 331 g/mol. The van der Waals surface area contributed by atoms with Crippen LogP contribution in [-0.4, -0.2) is 0 Å². The van der Waals surface area contributed by atoms with E-state index in [-0.39, 0.29) is 0 Å². The summed E-state index contributed by atoms with van der Waals surface area (Å²) in [5.41, 5.74) is 3.09. The van der Waals surface area contributed by atoms with Gasteiger partial charge in [0.1, 0.15) is 0 Å². The van der Waals surface area contributed by atoms with E-state index in [1.165, 1.54) is 38.5 Å². The molecule has 0 nitrogen and oxygen atoms in total. The van der Waals surface area contributed by atoms with Crippen molar-refractivity contribution in [3.8, 4) is 0 Å². The Morgan fingerprint density at radius 2 is 1.21 bits per heavy atom. The minimum Gasteiger partial charge on any atom is -0.0619 e. The standard InChI is InChI=1S/C24H42/c1-16-10-11-18-13-20(5)15-21(6)14-19(3,4)12-17(2)22(21,7)23(16,8)24(18,20)9/h16-18H,10-15H2,1-9H3/t16-,17+,18-,20?,21-,22-,23?,24+/m1/s1. The summed E-state index contributed by atoms with van der Waals surface area (Å²) in [6.07, 6.45) is 8.79. The summed E-state index contributed by atoms with van der Waals surface area (Å²) < 4.78 is 0. The van der Waals surface area contributed by atoms with Gasteiger partial charge in [-0.2, -0.15) is 0 Å². The van der Waals surface area contributed by atoms with E-state index in [1.54, 1.807) is 0 Å². The molecule has 0 aromatic heterocycles. The summed E-state index contributed by atoms with van der Waals surface area (Å²) in [7, 11) is 0. The van der Waals surface area contributed by atoms with E-state index in [2.05, 4.69) is 62.3 Å². The molecular weight excluding hydrogens is 288 g/mol. The molecule has 4 aliphatic carbocycles. The molecular formula is C24H42. The molecule has 2 unspecified atom stereocenters. The quantitative estimate of drug-likeness (QED) is 0.436. The lowest BCUT2D eigenvalue weighted by atomic mass is 9.19. The molecule has 0 saturated heterocycles. The topological polar surface area (TPSA) is 0 Å². The summed E-state index contributed by atoms with van der Waals surface area (Å²) in [6, 6.07) is 0. The molecule has 4 saturated carbocycles. The first kappa shape index (κ1) is 17.4. The number of hydrogen-bond donors (Lipinski definition) is 0. The Labute approximate surface area is 151 Å². The zero-order chi connectivity index (χ0) is 18.0. The van der Waals surface area contributed by atoms with Gasteiger partial charge >= 0.3 is 0 Å². The van der Waals surface area contributed by atoms with Gasteiger partial charge in [-0.1, -0.05) is 62.3 Å². The lowest BCUT2D eigenvalue weighted by molar-refractivity contribution is -0.374. The van der Waals surface area contributed by atoms with Crippen LogP contribution in [0.2, 0.25) is 0 Å². The van der Waals surface area contributed by atoms with Crippen molar-refractivity contribution in [3.05, 3.63) is 0 Å². The SMILES string of the molecule is C[C@@H]1CC[C@@H]2CC3(C)C[C@@]4(C)CC(C)(C)C[C@H](C)[C@@]4(C)C1(C)[C@@]23C. The van der Waals surface area contributed by atoms with Gasteiger partial charge in [0.2, 0.25) is 0 Å². The summed E-state index contributed by atoms with van der Waals surface area (Å²) in [6.45, 7) is 23.9. The Hall–Kier alpha value is 0. The van der Waals surface area contributed by atoms with E-state index < -0.39 is 0 Å². The molecule has 0 aromatic rings. The summed E-state index contributed by atoms with van der Waals surface area (Å²) in [4.78, 5) is 0. The molecule has 0 heteroatoms. The molecule has 0 aromatic carbocycles. The summed E-state index contributed by atoms with van der Waals surface area (Å²) in [5, 5.41) is 0. The third-order valence-corrected chi connectivity index (χ3v) is 11.6. The van der Waals surface area contributed by atoms with Gasteiger partial charge in [-0.3, -0.25) is 0 Å². The highest BCUT2D eigenvalue weighted by atomic mass is 14.9. The number of rotatable bonds is 0. The van der Waals surface area contributed by atoms with Gasteiger partial charge < -0.3 is 0 Å². The number of fused-ring (bicyclic) bond motifs is 2. The molecule has 0 amide bonds. The fourth-order valence-electron chi connectivity index (χ4n) is 10.5. The van der Waals surface area contributed by atoms with E-state index in [4.69, 9.17) is 0 Å². The molecule has 138 valence electrons. The maximum Gasteiger partial charge on any atom is -0.0177 e. The van der Waals surface area contributed by atoms with Crippen molar-refractivity contribution in [1.29, 1.82) is 0 Å². The normalized spacial score (nSPS) is 64.6. The van der Waals surface area contributed by atoms with Crippen LogP contribution in [0, 0.1) is 50.2 Å². The van der Waals surface area contributed by atoms with Crippen molar-refractivity contribution in [3.63, 3.8) is 0 Å². The van der Waals surface area contributed by atoms with Gasteiger partial charge in [0.25, 0.3) is 0 Å². The van der Waals surface area contributed by atoms with Crippen LogP contribution >= 0.6 is 0 Å². The van der Waals surface area contributed by atoms with Crippen LogP contribution < -0.4 is 0 Å². The third kappa shape index (κ3) is 1.48. The molecule has 0 heterocycles. The van der Waals surface area contributed by atoms with Gasteiger partial charge in [-0.15, -0.1) is 0 Å². The molecule has 4 rings (SSSR count). The zero-order valence-corrected chi connectivity index (χ0v) is 18.0. The minimum atomic E-state index is 0.474. The van der Waals surface area contributed by atoms with Crippen LogP contribution in [0.5, 0.6) is 0 Å². The van der Waals surface area contributed by atoms with E-state index in [0.29, 0.717) is 32.5 Å². The molecule has 0 radical (unpaired) electrons. The van der Waals surface area contributed by atoms with Crippen molar-refractivity contribution in [1.82, 2.24) is 0 Å². The molecule has 4 fully saturated rings. The summed E-state index contributed by atoms with van der Waals surface area (Å²) >= 11 is 0. The van der Waals surface area contributed by atoms with Crippen LogP contribution in [0.3, 0.4) is 0 Å². The van der Waals surface area contributed by atoms with Gasteiger partial charge in [0.05, 0.1) is 0 Å². The van der Waals surface area contributed by atoms with Crippen molar-refractivity contribution < 1.29 is 0 Å². The van der Waals surface area contributed by atoms with Gasteiger partial charge in [0.15, 0.2) is 0 Å².